The van der Waals surface area contributed by atoms with Crippen LogP contribution >= 0.6 is 11.6 Å². The van der Waals surface area contributed by atoms with E-state index in [0.717, 1.165) is 25.1 Å². The van der Waals surface area contributed by atoms with E-state index in [2.05, 4.69) is 15.1 Å². The topological polar surface area (TPSA) is 91.6 Å². The lowest BCUT2D eigenvalue weighted by Crippen LogP contribution is -2.40. The zero-order valence-corrected chi connectivity index (χ0v) is 16.4. The Morgan fingerprint density at radius 2 is 1.97 bits per heavy atom. The van der Waals surface area contributed by atoms with E-state index in [1.807, 2.05) is 0 Å². The molecule has 3 heterocycles. The fourth-order valence-electron chi connectivity index (χ4n) is 3.59. The number of hydrogen-bond donors (Lipinski definition) is 1. The fraction of sp³-hybridized carbons (Fsp3) is 0.444. The van der Waals surface area contributed by atoms with Gasteiger partial charge in [0.2, 0.25) is 0 Å². The van der Waals surface area contributed by atoms with Crippen LogP contribution in [-0.2, 0) is 18.8 Å². The van der Waals surface area contributed by atoms with Crippen LogP contribution in [0.2, 0.25) is 5.02 Å². The summed E-state index contributed by atoms with van der Waals surface area (Å²) in [6.45, 7) is 1.77. The Kier molecular flexibility index (Phi) is 4.47. The number of pyridine rings is 1. The standard InChI is InChI=1S/C18H18ClF3N6O/c1-3-17(23,9-6-11(19)14(24-7-9)18(20,21)22)15-12-13(26-27(15)2)16(29)28(8-25-12)10-4-5-10/h6-8,10H,3-5,23H2,1-2H3. The fourth-order valence-corrected chi connectivity index (χ4v) is 3.86. The predicted molar refractivity (Wildman–Crippen MR) is 101 cm³/mol. The van der Waals surface area contributed by atoms with Crippen molar-refractivity contribution in [1.82, 2.24) is 24.3 Å². The van der Waals surface area contributed by atoms with E-state index in [-0.39, 0.29) is 22.7 Å². The molecule has 154 valence electrons. The first-order valence-electron chi connectivity index (χ1n) is 9.04. The number of rotatable bonds is 4. The lowest BCUT2D eigenvalue weighted by atomic mass is 9.85. The van der Waals surface area contributed by atoms with E-state index in [9.17, 15) is 18.0 Å². The molecule has 3 aromatic rings. The minimum absolute atomic E-state index is 0.136. The molecule has 11 heteroatoms. The van der Waals surface area contributed by atoms with Crippen LogP contribution < -0.4 is 11.3 Å². The van der Waals surface area contributed by atoms with Crippen molar-refractivity contribution < 1.29 is 13.2 Å². The average molecular weight is 427 g/mol. The van der Waals surface area contributed by atoms with Gasteiger partial charge in [-0.25, -0.2) is 9.97 Å². The molecule has 1 aliphatic carbocycles. The van der Waals surface area contributed by atoms with Crippen molar-refractivity contribution in [3.8, 4) is 0 Å². The van der Waals surface area contributed by atoms with Gasteiger partial charge in [-0.3, -0.25) is 14.0 Å². The average Bonchev–Trinajstić information content (AvgIpc) is 3.42. The molecule has 1 fully saturated rings. The second-order valence-electron chi connectivity index (χ2n) is 7.23. The Bertz CT molecular complexity index is 1170. The van der Waals surface area contributed by atoms with Crippen molar-refractivity contribution in [2.24, 2.45) is 12.8 Å². The Balaban J connectivity index is 1.90. The molecule has 0 saturated heterocycles. The molecule has 1 aliphatic rings. The van der Waals surface area contributed by atoms with Gasteiger partial charge in [0, 0.05) is 19.3 Å². The van der Waals surface area contributed by atoms with Crippen molar-refractivity contribution in [2.75, 3.05) is 0 Å². The third kappa shape index (κ3) is 3.10. The van der Waals surface area contributed by atoms with E-state index in [0.29, 0.717) is 17.6 Å². The molecule has 7 nitrogen and oxygen atoms in total. The number of aromatic nitrogens is 5. The molecule has 29 heavy (non-hydrogen) atoms. The van der Waals surface area contributed by atoms with E-state index < -0.39 is 22.4 Å². The zero-order valence-electron chi connectivity index (χ0n) is 15.7. The van der Waals surface area contributed by atoms with E-state index in [4.69, 9.17) is 17.3 Å². The summed E-state index contributed by atoms with van der Waals surface area (Å²) in [4.78, 5) is 20.7. The van der Waals surface area contributed by atoms with Crippen LogP contribution in [0.25, 0.3) is 11.0 Å². The summed E-state index contributed by atoms with van der Waals surface area (Å²) in [6.07, 6.45) is -0.0211. The van der Waals surface area contributed by atoms with Gasteiger partial charge in [-0.2, -0.15) is 18.3 Å². The van der Waals surface area contributed by atoms with Crippen molar-refractivity contribution in [1.29, 1.82) is 0 Å². The summed E-state index contributed by atoms with van der Waals surface area (Å²) in [5.74, 6) is 0. The lowest BCUT2D eigenvalue weighted by molar-refractivity contribution is -0.141. The number of alkyl halides is 3. The molecule has 1 atom stereocenters. The van der Waals surface area contributed by atoms with Gasteiger partial charge in [-0.15, -0.1) is 0 Å². The molecule has 2 N–H and O–H groups in total. The highest BCUT2D eigenvalue weighted by Gasteiger charge is 2.39. The van der Waals surface area contributed by atoms with Crippen LogP contribution in [-0.4, -0.2) is 24.3 Å². The van der Waals surface area contributed by atoms with Gasteiger partial charge in [0.25, 0.3) is 5.56 Å². The normalized spacial score (nSPS) is 16.9. The van der Waals surface area contributed by atoms with Gasteiger partial charge in [0.1, 0.15) is 5.52 Å². The summed E-state index contributed by atoms with van der Waals surface area (Å²) in [7, 11) is 1.62. The second kappa shape index (κ2) is 6.53. The van der Waals surface area contributed by atoms with E-state index >= 15 is 0 Å². The molecule has 1 saturated carbocycles. The van der Waals surface area contributed by atoms with Gasteiger partial charge in [-0.05, 0) is 30.9 Å². The highest BCUT2D eigenvalue weighted by atomic mass is 35.5. The SMILES string of the molecule is CCC(N)(c1cnc(C(F)(F)F)c(Cl)c1)c1c2ncn(C3CC3)c(=O)c2nn1C. The molecule has 0 amide bonds. The number of nitrogens with two attached hydrogens (primary N) is 1. The quantitative estimate of drug-likeness (QED) is 0.692. The van der Waals surface area contributed by atoms with E-state index in [1.165, 1.54) is 11.0 Å². The molecular formula is C18H18ClF3N6O. The molecule has 3 aromatic heterocycles. The second-order valence-corrected chi connectivity index (χ2v) is 7.64. The Morgan fingerprint density at radius 1 is 1.28 bits per heavy atom. The first-order chi connectivity index (χ1) is 13.6. The predicted octanol–water partition coefficient (Wildman–Crippen LogP) is 3.14. The van der Waals surface area contributed by atoms with Crippen molar-refractivity contribution in [2.45, 2.75) is 43.9 Å². The Hall–Kier alpha value is -2.46. The molecule has 4 rings (SSSR count). The van der Waals surface area contributed by atoms with Gasteiger partial charge in [0.05, 0.1) is 22.6 Å². The third-order valence-corrected chi connectivity index (χ3v) is 5.60. The van der Waals surface area contributed by atoms with Crippen LogP contribution in [0.3, 0.4) is 0 Å². The van der Waals surface area contributed by atoms with Gasteiger partial charge < -0.3 is 5.73 Å². The number of hydrogen-bond acceptors (Lipinski definition) is 5. The highest BCUT2D eigenvalue weighted by molar-refractivity contribution is 6.31. The molecule has 0 spiro atoms. The summed E-state index contributed by atoms with van der Waals surface area (Å²) < 4.78 is 42.1. The minimum atomic E-state index is -4.67. The van der Waals surface area contributed by atoms with Crippen LogP contribution in [0.4, 0.5) is 13.2 Å². The lowest BCUT2D eigenvalue weighted by Gasteiger charge is -2.29. The summed E-state index contributed by atoms with van der Waals surface area (Å²) in [6, 6.07) is 1.29. The Labute approximate surface area is 168 Å². The molecule has 0 bridgehead atoms. The maximum absolute atomic E-state index is 13.0. The Morgan fingerprint density at radius 3 is 2.52 bits per heavy atom. The van der Waals surface area contributed by atoms with Crippen LogP contribution in [0.15, 0.2) is 23.4 Å². The minimum Gasteiger partial charge on any atom is -0.316 e. The maximum atomic E-state index is 13.0. The largest absolute Gasteiger partial charge is 0.434 e. The third-order valence-electron chi connectivity index (χ3n) is 5.32. The maximum Gasteiger partial charge on any atom is 0.434 e. The summed E-state index contributed by atoms with van der Waals surface area (Å²) in [5, 5.41) is 3.76. The number of fused-ring (bicyclic) bond motifs is 1. The highest BCUT2D eigenvalue weighted by Crippen LogP contribution is 2.38. The zero-order chi connectivity index (χ0) is 21.1. The molecule has 0 radical (unpaired) electrons. The number of halogens is 4. The summed E-state index contributed by atoms with van der Waals surface area (Å²) >= 11 is 5.85. The molecular weight excluding hydrogens is 409 g/mol. The van der Waals surface area contributed by atoms with Gasteiger partial charge in [0.15, 0.2) is 11.2 Å². The van der Waals surface area contributed by atoms with Gasteiger partial charge in [-0.1, -0.05) is 18.5 Å². The number of aryl methyl sites for hydroxylation is 1. The summed E-state index contributed by atoms with van der Waals surface area (Å²) in [5.41, 5.74) is 5.08. The van der Waals surface area contributed by atoms with Crippen molar-refractivity contribution >= 4 is 22.6 Å². The van der Waals surface area contributed by atoms with Crippen LogP contribution in [0, 0.1) is 0 Å². The van der Waals surface area contributed by atoms with Crippen LogP contribution in [0.1, 0.15) is 49.2 Å². The van der Waals surface area contributed by atoms with Crippen molar-refractivity contribution in [3.05, 3.63) is 50.9 Å². The number of nitrogens with zero attached hydrogens (tertiary/aromatic N) is 5. The van der Waals surface area contributed by atoms with E-state index in [1.54, 1.807) is 18.5 Å². The van der Waals surface area contributed by atoms with Gasteiger partial charge >= 0.3 is 6.18 Å². The molecule has 0 aliphatic heterocycles. The van der Waals surface area contributed by atoms with Crippen molar-refractivity contribution in [3.63, 3.8) is 0 Å². The first-order valence-corrected chi connectivity index (χ1v) is 9.42. The molecule has 1 unspecified atom stereocenters. The molecule has 0 aromatic carbocycles. The smallest absolute Gasteiger partial charge is 0.316 e. The monoisotopic (exact) mass is 426 g/mol. The van der Waals surface area contributed by atoms with Crippen LogP contribution in [0.5, 0.6) is 0 Å². The first kappa shape index (κ1) is 19.8.